The third-order valence-electron chi connectivity index (χ3n) is 5.65. The van der Waals surface area contributed by atoms with Crippen LogP contribution in [-0.4, -0.2) is 48.6 Å². The number of rotatable bonds is 4. The second-order valence-corrected chi connectivity index (χ2v) is 7.20. The Kier molecular flexibility index (Phi) is 4.54. The first kappa shape index (κ1) is 15.7. The van der Waals surface area contributed by atoms with E-state index < -0.39 is 0 Å². The van der Waals surface area contributed by atoms with Gasteiger partial charge < -0.3 is 10.6 Å². The van der Waals surface area contributed by atoms with E-state index in [-0.39, 0.29) is 0 Å². The maximum Gasteiger partial charge on any atom is 0.0314 e. The van der Waals surface area contributed by atoms with Gasteiger partial charge in [0.25, 0.3) is 0 Å². The summed E-state index contributed by atoms with van der Waals surface area (Å²) in [6, 6.07) is 18.0. The van der Waals surface area contributed by atoms with Crippen LogP contribution in [0, 0.1) is 0 Å². The molecule has 1 saturated heterocycles. The zero-order valence-electron chi connectivity index (χ0n) is 14.3. The molecule has 0 atom stereocenters. The fourth-order valence-electron chi connectivity index (χ4n) is 4.12. The van der Waals surface area contributed by atoms with E-state index in [1.54, 1.807) is 11.1 Å². The number of benzene rings is 2. The molecule has 1 heterocycles. The molecule has 0 radical (unpaired) electrons. The number of anilines is 1. The van der Waals surface area contributed by atoms with E-state index >= 15 is 0 Å². The zero-order chi connectivity index (χ0) is 16.4. The average molecular weight is 321 g/mol. The SMILES string of the molecule is Nc1ccc(CCN2CCN(C3Cc4ccccc4C3)CC2)cc1. The summed E-state index contributed by atoms with van der Waals surface area (Å²) in [6.07, 6.45) is 3.60. The van der Waals surface area contributed by atoms with Crippen molar-refractivity contribution in [2.45, 2.75) is 25.3 Å². The Morgan fingerprint density at radius 2 is 1.46 bits per heavy atom. The molecule has 2 aromatic rings. The van der Waals surface area contributed by atoms with Gasteiger partial charge in [-0.15, -0.1) is 0 Å². The molecule has 0 amide bonds. The van der Waals surface area contributed by atoms with Crippen LogP contribution in [0.4, 0.5) is 5.69 Å². The third-order valence-corrected chi connectivity index (χ3v) is 5.65. The molecule has 3 heteroatoms. The van der Waals surface area contributed by atoms with Gasteiger partial charge in [0.2, 0.25) is 0 Å². The van der Waals surface area contributed by atoms with Crippen LogP contribution in [0.15, 0.2) is 48.5 Å². The van der Waals surface area contributed by atoms with Crippen molar-refractivity contribution >= 4 is 5.69 Å². The summed E-state index contributed by atoms with van der Waals surface area (Å²) in [5, 5.41) is 0. The van der Waals surface area contributed by atoms with Crippen molar-refractivity contribution < 1.29 is 0 Å². The molecule has 0 bridgehead atoms. The number of hydrogen-bond donors (Lipinski definition) is 1. The highest BCUT2D eigenvalue weighted by atomic mass is 15.3. The Hall–Kier alpha value is -1.84. The first-order valence-corrected chi connectivity index (χ1v) is 9.15. The first-order valence-electron chi connectivity index (χ1n) is 9.15. The quantitative estimate of drug-likeness (QED) is 0.879. The lowest BCUT2D eigenvalue weighted by atomic mass is 10.1. The van der Waals surface area contributed by atoms with Crippen molar-refractivity contribution in [3.05, 3.63) is 65.2 Å². The van der Waals surface area contributed by atoms with Crippen LogP contribution >= 0.6 is 0 Å². The minimum Gasteiger partial charge on any atom is -0.399 e. The van der Waals surface area contributed by atoms with Crippen LogP contribution in [-0.2, 0) is 19.3 Å². The van der Waals surface area contributed by atoms with Gasteiger partial charge in [-0.05, 0) is 48.1 Å². The van der Waals surface area contributed by atoms with Crippen molar-refractivity contribution in [3.63, 3.8) is 0 Å². The van der Waals surface area contributed by atoms with E-state index in [0.29, 0.717) is 0 Å². The first-order chi connectivity index (χ1) is 11.8. The van der Waals surface area contributed by atoms with Gasteiger partial charge in [0.05, 0.1) is 0 Å². The smallest absolute Gasteiger partial charge is 0.0314 e. The second-order valence-electron chi connectivity index (χ2n) is 7.20. The normalized spacial score (nSPS) is 19.5. The lowest BCUT2D eigenvalue weighted by Gasteiger charge is -2.38. The largest absolute Gasteiger partial charge is 0.399 e. The van der Waals surface area contributed by atoms with Crippen LogP contribution < -0.4 is 5.73 Å². The molecule has 3 nitrogen and oxygen atoms in total. The van der Waals surface area contributed by atoms with Gasteiger partial charge in [-0.3, -0.25) is 4.90 Å². The Balaban J connectivity index is 1.25. The molecule has 2 aliphatic rings. The molecular weight excluding hydrogens is 294 g/mol. The van der Waals surface area contributed by atoms with Gasteiger partial charge in [-0.1, -0.05) is 36.4 Å². The predicted molar refractivity (Wildman–Crippen MR) is 100 cm³/mol. The molecule has 2 N–H and O–H groups in total. The molecule has 1 aliphatic heterocycles. The van der Waals surface area contributed by atoms with Crippen LogP contribution in [0.5, 0.6) is 0 Å². The molecule has 4 rings (SSSR count). The van der Waals surface area contributed by atoms with Gasteiger partial charge in [0, 0.05) is 44.5 Å². The summed E-state index contributed by atoms with van der Waals surface area (Å²) >= 11 is 0. The van der Waals surface area contributed by atoms with E-state index in [1.807, 2.05) is 12.1 Å². The van der Waals surface area contributed by atoms with Crippen molar-refractivity contribution in [1.29, 1.82) is 0 Å². The van der Waals surface area contributed by atoms with Crippen molar-refractivity contribution in [3.8, 4) is 0 Å². The monoisotopic (exact) mass is 321 g/mol. The van der Waals surface area contributed by atoms with Gasteiger partial charge in [-0.25, -0.2) is 0 Å². The molecule has 126 valence electrons. The Morgan fingerprint density at radius 3 is 2.08 bits per heavy atom. The zero-order valence-corrected chi connectivity index (χ0v) is 14.3. The summed E-state index contributed by atoms with van der Waals surface area (Å²) in [5.74, 6) is 0. The van der Waals surface area contributed by atoms with Crippen molar-refractivity contribution in [1.82, 2.24) is 9.80 Å². The van der Waals surface area contributed by atoms with Gasteiger partial charge in [0.15, 0.2) is 0 Å². The molecule has 24 heavy (non-hydrogen) atoms. The van der Waals surface area contributed by atoms with E-state index in [2.05, 4.69) is 46.2 Å². The lowest BCUT2D eigenvalue weighted by molar-refractivity contribution is 0.0999. The van der Waals surface area contributed by atoms with Crippen LogP contribution in [0.2, 0.25) is 0 Å². The highest BCUT2D eigenvalue weighted by Gasteiger charge is 2.28. The maximum absolute atomic E-state index is 5.76. The van der Waals surface area contributed by atoms with Crippen molar-refractivity contribution in [2.75, 3.05) is 38.5 Å². The second kappa shape index (κ2) is 6.96. The molecule has 0 spiro atoms. The van der Waals surface area contributed by atoms with Gasteiger partial charge in [-0.2, -0.15) is 0 Å². The lowest BCUT2D eigenvalue weighted by Crippen LogP contribution is -2.50. The number of hydrogen-bond acceptors (Lipinski definition) is 3. The fourth-order valence-corrected chi connectivity index (χ4v) is 4.12. The average Bonchev–Trinajstić information content (AvgIpc) is 3.06. The van der Waals surface area contributed by atoms with Gasteiger partial charge >= 0.3 is 0 Å². The molecule has 1 fully saturated rings. The molecule has 1 aliphatic carbocycles. The Bertz CT molecular complexity index is 647. The van der Waals surface area contributed by atoms with E-state index in [1.165, 1.54) is 44.6 Å². The molecule has 0 unspecified atom stereocenters. The van der Waals surface area contributed by atoms with Gasteiger partial charge in [0.1, 0.15) is 0 Å². The third kappa shape index (κ3) is 3.47. The molecule has 0 saturated carbocycles. The number of nitrogens with zero attached hydrogens (tertiary/aromatic N) is 2. The summed E-state index contributed by atoms with van der Waals surface area (Å²) in [5.41, 5.74) is 11.1. The van der Waals surface area contributed by atoms with Crippen LogP contribution in [0.3, 0.4) is 0 Å². The number of piperazine rings is 1. The Labute approximate surface area is 145 Å². The summed E-state index contributed by atoms with van der Waals surface area (Å²) in [6.45, 7) is 5.97. The van der Waals surface area contributed by atoms with E-state index in [0.717, 1.165) is 24.7 Å². The molecule has 0 aromatic heterocycles. The Morgan fingerprint density at radius 1 is 0.833 bits per heavy atom. The maximum atomic E-state index is 5.76. The number of nitrogens with two attached hydrogens (primary N) is 1. The molecular formula is C21H27N3. The summed E-state index contributed by atoms with van der Waals surface area (Å²) in [7, 11) is 0. The minimum atomic E-state index is 0.724. The van der Waals surface area contributed by atoms with Crippen molar-refractivity contribution in [2.24, 2.45) is 0 Å². The van der Waals surface area contributed by atoms with Crippen LogP contribution in [0.25, 0.3) is 0 Å². The number of fused-ring (bicyclic) bond motifs is 1. The summed E-state index contributed by atoms with van der Waals surface area (Å²) < 4.78 is 0. The van der Waals surface area contributed by atoms with E-state index in [4.69, 9.17) is 5.73 Å². The predicted octanol–water partition coefficient (Wildman–Crippen LogP) is 2.60. The molecule has 2 aromatic carbocycles. The topological polar surface area (TPSA) is 32.5 Å². The standard InChI is InChI=1S/C21H27N3/c22-20-7-5-17(6-8-20)9-10-23-11-13-24(14-12-23)21-15-18-3-1-2-4-19(18)16-21/h1-8,21H,9-16,22H2. The van der Waals surface area contributed by atoms with Crippen LogP contribution in [0.1, 0.15) is 16.7 Å². The minimum absolute atomic E-state index is 0.724. The number of nitrogen functional groups attached to an aromatic ring is 1. The summed E-state index contributed by atoms with van der Waals surface area (Å²) in [4.78, 5) is 5.31. The van der Waals surface area contributed by atoms with E-state index in [9.17, 15) is 0 Å². The highest BCUT2D eigenvalue weighted by Crippen LogP contribution is 2.26. The fraction of sp³-hybridized carbons (Fsp3) is 0.429. The highest BCUT2D eigenvalue weighted by molar-refractivity contribution is 5.39.